The van der Waals surface area contributed by atoms with Gasteiger partial charge in [-0.2, -0.15) is 0 Å². The molecular formula is C16H16ClNO3. The van der Waals surface area contributed by atoms with Crippen LogP contribution in [0.15, 0.2) is 24.3 Å². The largest absolute Gasteiger partial charge is 0.464 e. The van der Waals surface area contributed by atoms with Gasteiger partial charge in [0.05, 0.1) is 5.69 Å². The van der Waals surface area contributed by atoms with Crippen LogP contribution in [0, 0.1) is 5.92 Å². The van der Waals surface area contributed by atoms with Crippen LogP contribution >= 0.6 is 11.6 Å². The summed E-state index contributed by atoms with van der Waals surface area (Å²) >= 11 is 5.93. The van der Waals surface area contributed by atoms with Gasteiger partial charge in [0.2, 0.25) is 0 Å². The summed E-state index contributed by atoms with van der Waals surface area (Å²) in [6, 6.07) is 4.95. The molecule has 21 heavy (non-hydrogen) atoms. The van der Waals surface area contributed by atoms with Crippen LogP contribution in [0.3, 0.4) is 0 Å². The molecule has 1 aliphatic carbocycles. The van der Waals surface area contributed by atoms with E-state index in [4.69, 9.17) is 11.6 Å². The normalized spacial score (nSPS) is 20.9. The van der Waals surface area contributed by atoms with Crippen molar-refractivity contribution in [2.45, 2.75) is 32.1 Å². The highest BCUT2D eigenvalue weighted by Crippen LogP contribution is 2.40. The van der Waals surface area contributed by atoms with E-state index in [2.05, 4.69) is 0 Å². The lowest BCUT2D eigenvalue weighted by atomic mass is 9.87. The fourth-order valence-corrected chi connectivity index (χ4v) is 3.32. The Morgan fingerprint density at radius 3 is 2.67 bits per heavy atom. The van der Waals surface area contributed by atoms with Gasteiger partial charge in [0.25, 0.3) is 5.91 Å². The zero-order valence-corrected chi connectivity index (χ0v) is 12.3. The first-order chi connectivity index (χ1) is 10.1. The number of carboxylic acid groups (broad SMARTS) is 1. The van der Waals surface area contributed by atoms with Gasteiger partial charge in [-0.1, -0.05) is 43.0 Å². The number of anilines is 1. The van der Waals surface area contributed by atoms with E-state index < -0.39 is 12.0 Å². The first kappa shape index (κ1) is 14.1. The van der Waals surface area contributed by atoms with Crippen molar-refractivity contribution in [2.75, 3.05) is 4.90 Å². The van der Waals surface area contributed by atoms with E-state index in [0.717, 1.165) is 17.7 Å². The third-order valence-electron chi connectivity index (χ3n) is 4.17. The highest BCUT2D eigenvalue weighted by atomic mass is 35.5. The van der Waals surface area contributed by atoms with Gasteiger partial charge in [0, 0.05) is 16.2 Å². The average Bonchev–Trinajstić information content (AvgIpc) is 2.72. The molecule has 1 saturated carbocycles. The summed E-state index contributed by atoms with van der Waals surface area (Å²) in [5, 5.41) is 9.70. The van der Waals surface area contributed by atoms with E-state index in [1.807, 2.05) is 6.08 Å². The Labute approximate surface area is 128 Å². The van der Waals surface area contributed by atoms with Crippen molar-refractivity contribution < 1.29 is 14.7 Å². The molecular weight excluding hydrogens is 290 g/mol. The number of fused-ring (bicyclic) bond motifs is 1. The fourth-order valence-electron chi connectivity index (χ4n) is 3.15. The molecule has 0 saturated heterocycles. The van der Waals surface area contributed by atoms with Gasteiger partial charge in [-0.15, -0.1) is 0 Å². The van der Waals surface area contributed by atoms with Crippen LogP contribution in [-0.2, 0) is 4.79 Å². The molecule has 2 aliphatic rings. The third-order valence-corrected chi connectivity index (χ3v) is 4.40. The zero-order valence-electron chi connectivity index (χ0n) is 11.5. The van der Waals surface area contributed by atoms with Crippen LogP contribution < -0.4 is 4.90 Å². The van der Waals surface area contributed by atoms with Crippen LogP contribution in [0.5, 0.6) is 0 Å². The predicted molar refractivity (Wildman–Crippen MR) is 81.5 cm³/mol. The summed E-state index contributed by atoms with van der Waals surface area (Å²) < 4.78 is 0. The number of carbonyl (C=O) groups excluding carboxylic acids is 1. The zero-order chi connectivity index (χ0) is 15.0. The topological polar surface area (TPSA) is 57.6 Å². The second-order valence-corrected chi connectivity index (χ2v) is 6.00. The molecule has 1 aromatic rings. The minimum atomic E-state index is -1.27. The van der Waals surface area contributed by atoms with Crippen molar-refractivity contribution in [3.8, 4) is 0 Å². The Morgan fingerprint density at radius 1 is 1.29 bits per heavy atom. The molecule has 3 rings (SSSR count). The number of hydrogen-bond donors (Lipinski definition) is 1. The van der Waals surface area contributed by atoms with Crippen molar-refractivity contribution >= 4 is 34.9 Å². The summed E-state index contributed by atoms with van der Waals surface area (Å²) in [5.74, 6) is -0.111. The van der Waals surface area contributed by atoms with Gasteiger partial charge in [0.15, 0.2) is 0 Å². The smallest absolute Gasteiger partial charge is 0.419 e. The molecule has 1 aliphatic heterocycles. The lowest BCUT2D eigenvalue weighted by Crippen LogP contribution is -2.31. The van der Waals surface area contributed by atoms with Crippen molar-refractivity contribution in [1.82, 2.24) is 0 Å². The summed E-state index contributed by atoms with van der Waals surface area (Å²) in [6.45, 7) is 0. The van der Waals surface area contributed by atoms with Crippen LogP contribution in [-0.4, -0.2) is 17.1 Å². The van der Waals surface area contributed by atoms with Gasteiger partial charge >= 0.3 is 6.09 Å². The van der Waals surface area contributed by atoms with E-state index in [9.17, 15) is 14.7 Å². The summed E-state index contributed by atoms with van der Waals surface area (Å²) in [7, 11) is 0. The highest BCUT2D eigenvalue weighted by Gasteiger charge is 2.37. The third kappa shape index (κ3) is 2.56. The number of imide groups is 1. The first-order valence-corrected chi connectivity index (χ1v) is 7.55. The van der Waals surface area contributed by atoms with Gasteiger partial charge in [-0.05, 0) is 30.9 Å². The van der Waals surface area contributed by atoms with E-state index >= 15 is 0 Å². The molecule has 0 bridgehead atoms. The molecule has 1 aromatic carbocycles. The molecule has 1 N–H and O–H groups in total. The number of carbonyl (C=O) groups is 2. The van der Waals surface area contributed by atoms with Gasteiger partial charge in [-0.25, -0.2) is 9.69 Å². The van der Waals surface area contributed by atoms with Crippen molar-refractivity contribution in [1.29, 1.82) is 0 Å². The second-order valence-electron chi connectivity index (χ2n) is 5.56. The number of benzene rings is 1. The predicted octanol–water partition coefficient (Wildman–Crippen LogP) is 4.33. The molecule has 0 unspecified atom stereocenters. The monoisotopic (exact) mass is 305 g/mol. The SMILES string of the molecule is O=C(O)N1C(=O)C(=CC2CCCCC2)c2ccc(Cl)cc21. The molecule has 1 heterocycles. The van der Waals surface area contributed by atoms with Crippen LogP contribution in [0.25, 0.3) is 5.57 Å². The quantitative estimate of drug-likeness (QED) is 0.786. The number of allylic oxidation sites excluding steroid dienone is 1. The Hall–Kier alpha value is -1.81. The number of halogens is 1. The van der Waals surface area contributed by atoms with Crippen LogP contribution in [0.4, 0.5) is 10.5 Å². The molecule has 4 nitrogen and oxygen atoms in total. The maximum atomic E-state index is 12.4. The van der Waals surface area contributed by atoms with Gasteiger partial charge in [0.1, 0.15) is 0 Å². The molecule has 0 spiro atoms. The van der Waals surface area contributed by atoms with E-state index in [1.165, 1.54) is 25.3 Å². The van der Waals surface area contributed by atoms with E-state index in [0.29, 0.717) is 27.8 Å². The van der Waals surface area contributed by atoms with Crippen LogP contribution in [0.2, 0.25) is 5.02 Å². The number of nitrogens with zero attached hydrogens (tertiary/aromatic N) is 1. The Kier molecular flexibility index (Phi) is 3.72. The Morgan fingerprint density at radius 2 is 2.00 bits per heavy atom. The summed E-state index contributed by atoms with van der Waals surface area (Å²) in [5.41, 5.74) is 1.52. The number of amides is 2. The van der Waals surface area contributed by atoms with Crippen molar-refractivity contribution in [3.05, 3.63) is 34.9 Å². The fraction of sp³-hybridized carbons (Fsp3) is 0.375. The van der Waals surface area contributed by atoms with E-state index in [-0.39, 0.29) is 0 Å². The molecule has 0 aromatic heterocycles. The maximum Gasteiger partial charge on any atom is 0.419 e. The molecule has 5 heteroatoms. The van der Waals surface area contributed by atoms with Gasteiger partial charge < -0.3 is 5.11 Å². The molecule has 2 amide bonds. The molecule has 110 valence electrons. The highest BCUT2D eigenvalue weighted by molar-refractivity contribution is 6.39. The molecule has 0 radical (unpaired) electrons. The Balaban J connectivity index is 2.04. The average molecular weight is 306 g/mol. The molecule has 1 fully saturated rings. The lowest BCUT2D eigenvalue weighted by Gasteiger charge is -2.18. The minimum Gasteiger partial charge on any atom is -0.464 e. The maximum absolute atomic E-state index is 12.4. The Bertz CT molecular complexity index is 632. The minimum absolute atomic E-state index is 0.356. The molecule has 0 atom stereocenters. The second kappa shape index (κ2) is 5.53. The summed E-state index contributed by atoms with van der Waals surface area (Å²) in [4.78, 5) is 24.6. The van der Waals surface area contributed by atoms with Crippen LogP contribution in [0.1, 0.15) is 37.7 Å². The van der Waals surface area contributed by atoms with Gasteiger partial charge in [-0.3, -0.25) is 4.79 Å². The van der Waals surface area contributed by atoms with E-state index in [1.54, 1.807) is 12.1 Å². The number of hydrogen-bond acceptors (Lipinski definition) is 2. The first-order valence-electron chi connectivity index (χ1n) is 7.17. The standard InChI is InChI=1S/C16H16ClNO3/c17-11-6-7-12-13(8-10-4-2-1-3-5-10)15(19)18(16(20)21)14(12)9-11/h6-10H,1-5H2,(H,20,21). The lowest BCUT2D eigenvalue weighted by molar-refractivity contribution is -0.112. The number of rotatable bonds is 1. The van der Waals surface area contributed by atoms with Crippen molar-refractivity contribution in [2.24, 2.45) is 5.92 Å². The van der Waals surface area contributed by atoms with Crippen molar-refractivity contribution in [3.63, 3.8) is 0 Å². The summed E-state index contributed by atoms with van der Waals surface area (Å²) in [6.07, 6.45) is 6.38.